The fraction of sp³-hybridized carbons (Fsp3) is 0.375. The Morgan fingerprint density at radius 3 is 2.92 bits per heavy atom. The van der Waals surface area contributed by atoms with Crippen molar-refractivity contribution >= 4 is 16.5 Å². The van der Waals surface area contributed by atoms with Gasteiger partial charge >= 0.3 is 0 Å². The largest absolute Gasteiger partial charge is 0.366 e. The molecule has 8 heteroatoms. The lowest BCUT2D eigenvalue weighted by atomic mass is 10.2. The predicted molar refractivity (Wildman–Crippen MR) is 89.1 cm³/mol. The van der Waals surface area contributed by atoms with Gasteiger partial charge in [0.25, 0.3) is 0 Å². The molecule has 0 unspecified atom stereocenters. The van der Waals surface area contributed by atoms with Crippen molar-refractivity contribution in [3.8, 4) is 0 Å². The van der Waals surface area contributed by atoms with E-state index in [4.69, 9.17) is 9.26 Å². The second-order valence-electron chi connectivity index (χ2n) is 5.62. The topological polar surface area (TPSA) is 77.2 Å². The minimum absolute atomic E-state index is 0.197. The van der Waals surface area contributed by atoms with Crippen LogP contribution in [0.15, 0.2) is 34.9 Å². The molecule has 0 radical (unpaired) electrons. The third-order valence-electron chi connectivity index (χ3n) is 3.82. The van der Waals surface area contributed by atoms with Gasteiger partial charge in [-0.1, -0.05) is 46.8 Å². The first-order chi connectivity index (χ1) is 11.8. The van der Waals surface area contributed by atoms with E-state index in [0.717, 1.165) is 23.1 Å². The van der Waals surface area contributed by atoms with Gasteiger partial charge < -0.3 is 14.2 Å². The Labute approximate surface area is 143 Å². The van der Waals surface area contributed by atoms with Crippen molar-refractivity contribution < 1.29 is 9.26 Å². The Morgan fingerprint density at radius 1 is 1.25 bits per heavy atom. The lowest BCUT2D eigenvalue weighted by Crippen LogP contribution is -2.38. The maximum atomic E-state index is 5.76. The van der Waals surface area contributed by atoms with E-state index in [0.29, 0.717) is 24.9 Å². The van der Waals surface area contributed by atoms with Gasteiger partial charge in [-0.25, -0.2) is 0 Å². The molecule has 2 aromatic heterocycles. The highest BCUT2D eigenvalue weighted by atomic mass is 32.1. The zero-order chi connectivity index (χ0) is 16.4. The molecule has 0 spiro atoms. The molecule has 1 aliphatic heterocycles. The number of hydrogen-bond acceptors (Lipinski definition) is 8. The zero-order valence-electron chi connectivity index (χ0n) is 13.3. The number of hydrogen-bond donors (Lipinski definition) is 0. The highest BCUT2D eigenvalue weighted by Crippen LogP contribution is 2.27. The minimum Gasteiger partial charge on any atom is -0.366 e. The summed E-state index contributed by atoms with van der Waals surface area (Å²) in [6, 6.07) is 10.3. The van der Waals surface area contributed by atoms with Crippen LogP contribution in [0.25, 0.3) is 0 Å². The van der Waals surface area contributed by atoms with Gasteiger partial charge in [-0.2, -0.15) is 4.98 Å². The van der Waals surface area contributed by atoms with Crippen LogP contribution in [-0.2, 0) is 11.2 Å². The van der Waals surface area contributed by atoms with Crippen LogP contribution < -0.4 is 4.90 Å². The van der Waals surface area contributed by atoms with Gasteiger partial charge in [0.2, 0.25) is 16.8 Å². The molecule has 3 aromatic rings. The molecule has 1 fully saturated rings. The molecule has 1 aliphatic rings. The van der Waals surface area contributed by atoms with Crippen LogP contribution in [0.3, 0.4) is 0 Å². The Morgan fingerprint density at radius 2 is 2.12 bits per heavy atom. The summed E-state index contributed by atoms with van der Waals surface area (Å²) in [4.78, 5) is 6.43. The van der Waals surface area contributed by atoms with Crippen LogP contribution >= 0.6 is 11.3 Å². The van der Waals surface area contributed by atoms with E-state index < -0.39 is 0 Å². The second kappa shape index (κ2) is 6.66. The van der Waals surface area contributed by atoms with Gasteiger partial charge in [0, 0.05) is 19.9 Å². The van der Waals surface area contributed by atoms with Gasteiger partial charge in [0.1, 0.15) is 11.1 Å². The van der Waals surface area contributed by atoms with E-state index in [1.165, 1.54) is 5.56 Å². The van der Waals surface area contributed by atoms with Gasteiger partial charge in [-0.3, -0.25) is 0 Å². The standard InChI is InChI=1S/C16H17N5O2S/c1-11-17-15(20-23-11)13-10-21(7-8-22-13)16-19-18-14(24-16)9-12-5-3-2-4-6-12/h2-6,13H,7-10H2,1H3/t13-/m1/s1. The average molecular weight is 343 g/mol. The Bertz CT molecular complexity index is 804. The summed E-state index contributed by atoms with van der Waals surface area (Å²) in [5, 5.41) is 14.5. The molecule has 124 valence electrons. The molecule has 24 heavy (non-hydrogen) atoms. The molecule has 4 rings (SSSR count). The molecule has 0 saturated carbocycles. The number of benzene rings is 1. The van der Waals surface area contributed by atoms with E-state index >= 15 is 0 Å². The lowest BCUT2D eigenvalue weighted by Gasteiger charge is -2.30. The summed E-state index contributed by atoms with van der Waals surface area (Å²) in [5.74, 6) is 1.14. The third kappa shape index (κ3) is 3.29. The van der Waals surface area contributed by atoms with Crippen molar-refractivity contribution in [2.45, 2.75) is 19.4 Å². The zero-order valence-corrected chi connectivity index (χ0v) is 14.1. The number of rotatable bonds is 4. The van der Waals surface area contributed by atoms with E-state index in [1.54, 1.807) is 18.3 Å². The second-order valence-corrected chi connectivity index (χ2v) is 6.66. The molecule has 0 bridgehead atoms. The smallest absolute Gasteiger partial charge is 0.223 e. The minimum atomic E-state index is -0.197. The molecule has 0 amide bonds. The van der Waals surface area contributed by atoms with Crippen molar-refractivity contribution in [2.24, 2.45) is 0 Å². The highest BCUT2D eigenvalue weighted by Gasteiger charge is 2.27. The molecule has 3 heterocycles. The number of ether oxygens (including phenoxy) is 1. The predicted octanol–water partition coefficient (Wildman–Crippen LogP) is 2.40. The fourth-order valence-electron chi connectivity index (χ4n) is 2.64. The van der Waals surface area contributed by atoms with E-state index in [2.05, 4.69) is 37.4 Å². The number of nitrogens with zero attached hydrogens (tertiary/aromatic N) is 5. The third-order valence-corrected chi connectivity index (χ3v) is 4.81. The highest BCUT2D eigenvalue weighted by molar-refractivity contribution is 7.15. The van der Waals surface area contributed by atoms with Crippen LogP contribution in [0.5, 0.6) is 0 Å². The van der Waals surface area contributed by atoms with Gasteiger partial charge in [-0.15, -0.1) is 10.2 Å². The normalized spacial score (nSPS) is 18.0. The number of aryl methyl sites for hydroxylation is 1. The fourth-order valence-corrected chi connectivity index (χ4v) is 3.55. The number of aromatic nitrogens is 4. The van der Waals surface area contributed by atoms with Crippen LogP contribution in [0.4, 0.5) is 5.13 Å². The molecule has 7 nitrogen and oxygen atoms in total. The first kappa shape index (κ1) is 15.2. The van der Waals surface area contributed by atoms with Gasteiger partial charge in [0.05, 0.1) is 13.2 Å². The first-order valence-corrected chi connectivity index (χ1v) is 8.62. The maximum Gasteiger partial charge on any atom is 0.223 e. The summed E-state index contributed by atoms with van der Waals surface area (Å²) in [7, 11) is 0. The van der Waals surface area contributed by atoms with Gasteiger partial charge in [-0.05, 0) is 5.56 Å². The molecule has 0 aliphatic carbocycles. The molecule has 1 saturated heterocycles. The number of anilines is 1. The summed E-state index contributed by atoms with van der Waals surface area (Å²) in [5.41, 5.74) is 1.24. The quantitative estimate of drug-likeness (QED) is 0.720. The van der Waals surface area contributed by atoms with Crippen molar-refractivity contribution in [3.63, 3.8) is 0 Å². The van der Waals surface area contributed by atoms with Crippen LogP contribution in [-0.4, -0.2) is 40.0 Å². The summed E-state index contributed by atoms with van der Waals surface area (Å²) >= 11 is 1.62. The van der Waals surface area contributed by atoms with Crippen molar-refractivity contribution in [2.75, 3.05) is 24.6 Å². The average Bonchev–Trinajstić information content (AvgIpc) is 3.25. The van der Waals surface area contributed by atoms with Crippen LogP contribution in [0.2, 0.25) is 0 Å². The first-order valence-electron chi connectivity index (χ1n) is 7.81. The maximum absolute atomic E-state index is 5.76. The summed E-state index contributed by atoms with van der Waals surface area (Å²) in [6.07, 6.45) is 0.605. The van der Waals surface area contributed by atoms with E-state index in [-0.39, 0.29) is 6.10 Å². The Hall–Kier alpha value is -2.32. The Kier molecular flexibility index (Phi) is 4.22. The molecular formula is C16H17N5O2S. The van der Waals surface area contributed by atoms with Crippen LogP contribution in [0, 0.1) is 6.92 Å². The Balaban J connectivity index is 1.46. The van der Waals surface area contributed by atoms with Gasteiger partial charge in [0.15, 0.2) is 0 Å². The monoisotopic (exact) mass is 343 g/mol. The van der Waals surface area contributed by atoms with Crippen molar-refractivity contribution in [1.82, 2.24) is 20.3 Å². The van der Waals surface area contributed by atoms with Crippen molar-refractivity contribution in [1.29, 1.82) is 0 Å². The SMILES string of the molecule is Cc1nc([C@H]2CN(c3nnc(Cc4ccccc4)s3)CCO2)no1. The van der Waals surface area contributed by atoms with E-state index in [9.17, 15) is 0 Å². The number of morpholine rings is 1. The summed E-state index contributed by atoms with van der Waals surface area (Å²) < 4.78 is 10.8. The van der Waals surface area contributed by atoms with Crippen LogP contribution in [0.1, 0.15) is 28.4 Å². The molecule has 1 atom stereocenters. The lowest BCUT2D eigenvalue weighted by molar-refractivity contribution is 0.0326. The molecule has 0 N–H and O–H groups in total. The summed E-state index contributed by atoms with van der Waals surface area (Å²) in [6.45, 7) is 3.82. The molecular weight excluding hydrogens is 326 g/mol. The van der Waals surface area contributed by atoms with Crippen molar-refractivity contribution in [3.05, 3.63) is 52.6 Å². The molecule has 1 aromatic carbocycles. The van der Waals surface area contributed by atoms with E-state index in [1.807, 2.05) is 18.2 Å².